The van der Waals surface area contributed by atoms with Crippen LogP contribution in [-0.2, 0) is 0 Å². The molecule has 13 aromatic carbocycles. The molecule has 100 heavy (non-hydrogen) atoms. The van der Waals surface area contributed by atoms with Gasteiger partial charge in [0.2, 0.25) is 0 Å². The maximum Gasteiger partial charge on any atom is 0.0993 e. The van der Waals surface area contributed by atoms with E-state index in [0.717, 1.165) is 167 Å². The van der Waals surface area contributed by atoms with Gasteiger partial charge in [-0.3, -0.25) is 0 Å². The van der Waals surface area contributed by atoms with Crippen LogP contribution in [-0.4, -0.2) is 32.4 Å². The zero-order valence-electron chi connectivity index (χ0n) is 54.2. The fourth-order valence-corrected chi connectivity index (χ4v) is 16.2. The summed E-state index contributed by atoms with van der Waals surface area (Å²) in [7, 11) is 0. The van der Waals surface area contributed by atoms with E-state index in [2.05, 4.69) is 362 Å². The molecule has 20 rings (SSSR count). The number of aromatic nitrogens is 7. The van der Waals surface area contributed by atoms with Gasteiger partial charge in [0, 0.05) is 105 Å². The fraction of sp³-hybridized carbons (Fsp3) is 0. The predicted molar refractivity (Wildman–Crippen MR) is 416 cm³/mol. The van der Waals surface area contributed by atoms with Crippen LogP contribution >= 0.6 is 0 Å². The summed E-state index contributed by atoms with van der Waals surface area (Å²) in [6, 6.07) is 116. The monoisotopic (exact) mass is 1270 g/mol. The number of nitrogens with zero attached hydrogens (tertiary/aromatic N) is 8. The van der Waals surface area contributed by atoms with Gasteiger partial charge in [-0.25, -0.2) is 4.98 Å². The Morgan fingerprint density at radius 1 is 0.270 bits per heavy atom. The Hall–Kier alpha value is -13.7. The average molecular weight is 1280 g/mol. The predicted octanol–water partition coefficient (Wildman–Crippen LogP) is 23.5. The highest BCUT2D eigenvalue weighted by molar-refractivity contribution is 6.16. The van der Waals surface area contributed by atoms with Crippen LogP contribution in [0, 0.1) is 11.3 Å². The molecule has 8 nitrogen and oxygen atoms in total. The van der Waals surface area contributed by atoms with Crippen LogP contribution in [0.3, 0.4) is 0 Å². The van der Waals surface area contributed by atoms with E-state index < -0.39 is 0 Å². The molecule has 0 atom stereocenters. The van der Waals surface area contributed by atoms with Gasteiger partial charge in [0.15, 0.2) is 0 Å². The van der Waals surface area contributed by atoms with Gasteiger partial charge in [0.1, 0.15) is 0 Å². The first-order valence-corrected chi connectivity index (χ1v) is 33.8. The van der Waals surface area contributed by atoms with Crippen molar-refractivity contribution in [1.29, 1.82) is 5.26 Å². The first-order valence-electron chi connectivity index (χ1n) is 33.8. The molecule has 0 saturated heterocycles. The molecule has 0 fully saturated rings. The summed E-state index contributed by atoms with van der Waals surface area (Å²) >= 11 is 0. The molecule has 0 N–H and O–H groups in total. The molecule has 0 bridgehead atoms. The third kappa shape index (κ3) is 8.49. The largest absolute Gasteiger partial charge is 0.310 e. The lowest BCUT2D eigenvalue weighted by Crippen LogP contribution is -2.06. The Bertz CT molecular complexity index is 6390. The summed E-state index contributed by atoms with van der Waals surface area (Å²) in [6.07, 6.45) is 3.89. The normalized spacial score (nSPS) is 11.9. The van der Waals surface area contributed by atoms with Crippen LogP contribution in [0.25, 0.3) is 189 Å². The zero-order valence-corrected chi connectivity index (χ0v) is 54.2. The number of hydrogen-bond donors (Lipinski definition) is 0. The van der Waals surface area contributed by atoms with Crippen LogP contribution in [0.1, 0.15) is 17.0 Å². The Morgan fingerprint density at radius 3 is 0.930 bits per heavy atom. The molecule has 20 aromatic rings. The topological polar surface area (TPSA) is 66.3 Å². The van der Waals surface area contributed by atoms with Gasteiger partial charge in [-0.2, -0.15) is 5.26 Å². The van der Waals surface area contributed by atoms with Crippen molar-refractivity contribution in [3.8, 4) is 73.8 Å². The van der Waals surface area contributed by atoms with Gasteiger partial charge in [-0.1, -0.05) is 183 Å². The van der Waals surface area contributed by atoms with Crippen molar-refractivity contribution in [3.05, 3.63) is 346 Å². The van der Waals surface area contributed by atoms with Gasteiger partial charge < -0.3 is 27.4 Å². The van der Waals surface area contributed by atoms with Crippen LogP contribution in [0.5, 0.6) is 0 Å². The van der Waals surface area contributed by atoms with E-state index in [9.17, 15) is 5.26 Å². The highest BCUT2D eigenvalue weighted by atomic mass is 15.1. The van der Waals surface area contributed by atoms with E-state index in [-0.39, 0.29) is 0 Å². The van der Waals surface area contributed by atoms with Crippen LogP contribution in [0.2, 0.25) is 0 Å². The Kier molecular flexibility index (Phi) is 12.5. The molecule has 0 amide bonds. The minimum Gasteiger partial charge on any atom is -0.310 e. The summed E-state index contributed by atoms with van der Waals surface area (Å²) in [5.41, 5.74) is 24.2. The van der Waals surface area contributed by atoms with E-state index in [1.807, 2.05) is 12.2 Å². The second-order valence-electron chi connectivity index (χ2n) is 25.9. The molecule has 8 heteroatoms. The molecule has 0 spiro atoms. The van der Waals surface area contributed by atoms with Crippen molar-refractivity contribution in [3.63, 3.8) is 0 Å². The van der Waals surface area contributed by atoms with Crippen LogP contribution in [0.15, 0.2) is 329 Å². The van der Waals surface area contributed by atoms with Crippen molar-refractivity contribution >= 4 is 121 Å². The minimum atomic E-state index is 0.500. The molecular formula is C92H58N8. The molecule has 0 saturated carbocycles. The number of fused-ring (bicyclic) bond motifs is 14. The van der Waals surface area contributed by atoms with Gasteiger partial charge in [0.25, 0.3) is 0 Å². The van der Waals surface area contributed by atoms with Crippen molar-refractivity contribution in [2.24, 2.45) is 0 Å². The molecule has 466 valence electrons. The van der Waals surface area contributed by atoms with E-state index in [1.165, 1.54) is 21.5 Å². The quantitative estimate of drug-likeness (QED) is 0.130. The first kappa shape index (κ1) is 56.6. The molecular weight excluding hydrogens is 1220 g/mol. The summed E-state index contributed by atoms with van der Waals surface area (Å²) < 4.78 is 14.2. The fourth-order valence-electron chi connectivity index (χ4n) is 16.2. The van der Waals surface area contributed by atoms with Crippen molar-refractivity contribution in [1.82, 2.24) is 32.4 Å². The summed E-state index contributed by atoms with van der Waals surface area (Å²) in [5, 5.41) is 23.1. The molecule has 0 aliphatic rings. The van der Waals surface area contributed by atoms with Crippen LogP contribution < -0.4 is 0 Å². The van der Waals surface area contributed by atoms with E-state index in [1.54, 1.807) is 0 Å². The Morgan fingerprint density at radius 2 is 0.580 bits per heavy atom. The smallest absolute Gasteiger partial charge is 0.0993 e. The number of para-hydroxylation sites is 6. The molecule has 7 aromatic heterocycles. The lowest BCUT2D eigenvalue weighted by molar-refractivity contribution is 1.10. The number of hydrogen-bond acceptors (Lipinski definition) is 2. The van der Waals surface area contributed by atoms with Crippen molar-refractivity contribution in [2.75, 3.05) is 0 Å². The zero-order chi connectivity index (χ0) is 66.3. The minimum absolute atomic E-state index is 0.500. The maximum absolute atomic E-state index is 11.9. The third-order valence-electron chi connectivity index (χ3n) is 20.5. The van der Waals surface area contributed by atoms with E-state index >= 15 is 0 Å². The number of rotatable bonds is 11. The SMILES string of the molecule is C=Cc1cc2ccccc2n1-c1ccc2c(c1)c1cc(-n3c4ccccc4c4ccccc43)ccc1n2-c1cc(C#N)cc(-n2c3ccc(-n4c(C=C)cc5ccccc54)cc3c3cc(-n4c5ccccc5c5ccccc54)ccc32)c1-c1cc(-c2ccccc2)nc(-c2ccccc2)c1. The number of pyridine rings is 1. The molecule has 0 aliphatic carbocycles. The summed E-state index contributed by atoms with van der Waals surface area (Å²) in [4.78, 5) is 5.52. The second kappa shape index (κ2) is 22.2. The summed E-state index contributed by atoms with van der Waals surface area (Å²) in [5.74, 6) is 0. The van der Waals surface area contributed by atoms with Gasteiger partial charge >= 0.3 is 0 Å². The molecule has 0 aliphatic heterocycles. The van der Waals surface area contributed by atoms with Gasteiger partial charge in [0.05, 0.1) is 89.6 Å². The maximum atomic E-state index is 11.9. The first-order chi connectivity index (χ1) is 49.5. The highest BCUT2D eigenvalue weighted by Gasteiger charge is 2.28. The summed E-state index contributed by atoms with van der Waals surface area (Å²) in [6.45, 7) is 8.67. The number of nitriles is 1. The average Bonchev–Trinajstić information content (AvgIpc) is 1.68. The standard InChI is InChI=1S/C92H58N8/c1-3-64-49-61-27-11-17-33-80(61)95(64)66-39-43-86-74(53-66)76-55-68(97-82-35-19-13-29-70(82)71-30-14-20-36-83(71)97)41-45-88(76)99(86)90-47-58(57-93)48-91(92(90)63-51-78(59-23-7-5-8-24-59)94-79(52-63)60-25-9-6-10-26-60)100-87-44-40-67(96-65(4-2)50-62-28-12-18-34-81(62)96)54-75(87)77-56-69(42-46-89(77)100)98-84-37-21-15-31-72(84)73-32-16-22-38-85(73)98/h3-56H,1-2H2. The Balaban J connectivity index is 0.934. The lowest BCUT2D eigenvalue weighted by atomic mass is 9.95. The number of benzene rings is 13. The lowest BCUT2D eigenvalue weighted by Gasteiger charge is -2.22. The van der Waals surface area contributed by atoms with E-state index in [4.69, 9.17) is 4.98 Å². The third-order valence-corrected chi connectivity index (χ3v) is 20.5. The Labute approximate surface area is 574 Å². The highest BCUT2D eigenvalue weighted by Crippen LogP contribution is 2.47. The van der Waals surface area contributed by atoms with Gasteiger partial charge in [-0.15, -0.1) is 0 Å². The van der Waals surface area contributed by atoms with Gasteiger partial charge in [-0.05, 0) is 163 Å². The second-order valence-corrected chi connectivity index (χ2v) is 25.9. The van der Waals surface area contributed by atoms with Crippen molar-refractivity contribution < 1.29 is 0 Å². The van der Waals surface area contributed by atoms with Crippen LogP contribution in [0.4, 0.5) is 0 Å². The molecule has 0 unspecified atom stereocenters. The molecule has 7 heterocycles. The molecule has 0 radical (unpaired) electrons. The van der Waals surface area contributed by atoms with E-state index in [0.29, 0.717) is 5.56 Å². The van der Waals surface area contributed by atoms with Crippen molar-refractivity contribution in [2.45, 2.75) is 0 Å².